The van der Waals surface area contributed by atoms with Crippen molar-refractivity contribution in [3.8, 4) is 16.9 Å². The molecular weight excluding hydrogens is 460 g/mol. The molecular formula is C30H31F2NO3. The first-order valence-electron chi connectivity index (χ1n) is 12.7. The zero-order valence-electron chi connectivity index (χ0n) is 20.3. The van der Waals surface area contributed by atoms with Crippen molar-refractivity contribution >= 4 is 11.8 Å². The van der Waals surface area contributed by atoms with E-state index < -0.39 is 11.6 Å². The number of carbonyl (C=O) groups is 2. The number of rotatable bonds is 13. The number of para-hydroxylation sites is 1. The van der Waals surface area contributed by atoms with Gasteiger partial charge in [0.25, 0.3) is 11.8 Å². The smallest absolute Gasteiger partial charge is 0.261 e. The van der Waals surface area contributed by atoms with Crippen LogP contribution in [0.4, 0.5) is 8.78 Å². The largest absolute Gasteiger partial charge is 0.493 e. The Kier molecular flexibility index (Phi) is 8.82. The van der Waals surface area contributed by atoms with Crippen LogP contribution in [0.2, 0.25) is 0 Å². The molecule has 2 amide bonds. The standard InChI is InChI=1S/C30H31F2NO3/c31-23-19-22(20-24(32)21-23)25-13-9-10-16-28(25)36-18-12-6-4-2-1-3-5-11-17-33-29(34)26-14-7-8-15-27(26)30(33)35/h7-10,13-16,19-21H,1-6,11-12,17-18H2. The fourth-order valence-electron chi connectivity index (χ4n) is 4.60. The van der Waals surface area contributed by atoms with Gasteiger partial charge in [0.05, 0.1) is 17.7 Å². The zero-order valence-corrected chi connectivity index (χ0v) is 20.3. The maximum atomic E-state index is 13.6. The summed E-state index contributed by atoms with van der Waals surface area (Å²) in [5, 5.41) is 0. The number of fused-ring (bicyclic) bond motifs is 1. The third-order valence-corrected chi connectivity index (χ3v) is 6.47. The van der Waals surface area contributed by atoms with Crippen molar-refractivity contribution in [1.29, 1.82) is 0 Å². The van der Waals surface area contributed by atoms with E-state index in [1.54, 1.807) is 30.3 Å². The number of ether oxygens (including phenoxy) is 1. The van der Waals surface area contributed by atoms with Crippen molar-refractivity contribution < 1.29 is 23.1 Å². The van der Waals surface area contributed by atoms with E-state index in [-0.39, 0.29) is 11.8 Å². The normalized spacial score (nSPS) is 12.8. The first-order valence-corrected chi connectivity index (χ1v) is 12.7. The van der Waals surface area contributed by atoms with Gasteiger partial charge in [0.15, 0.2) is 0 Å². The minimum Gasteiger partial charge on any atom is -0.493 e. The molecule has 0 N–H and O–H groups in total. The summed E-state index contributed by atoms with van der Waals surface area (Å²) in [6.07, 6.45) is 8.22. The Morgan fingerprint density at radius 2 is 1.11 bits per heavy atom. The van der Waals surface area contributed by atoms with Crippen LogP contribution in [0.15, 0.2) is 66.7 Å². The van der Waals surface area contributed by atoms with Gasteiger partial charge in [0.1, 0.15) is 17.4 Å². The number of unbranched alkanes of at least 4 members (excludes halogenated alkanes) is 7. The monoisotopic (exact) mass is 491 g/mol. The third kappa shape index (κ3) is 6.36. The van der Waals surface area contributed by atoms with Crippen LogP contribution in [0, 0.1) is 11.6 Å². The van der Waals surface area contributed by atoms with Gasteiger partial charge in [-0.1, -0.05) is 68.9 Å². The Bertz CT molecular complexity index is 1160. The second kappa shape index (κ2) is 12.4. The molecule has 1 aliphatic heterocycles. The van der Waals surface area contributed by atoms with Gasteiger partial charge in [-0.3, -0.25) is 14.5 Å². The van der Waals surface area contributed by atoms with Crippen molar-refractivity contribution in [2.24, 2.45) is 0 Å². The van der Waals surface area contributed by atoms with E-state index in [1.807, 2.05) is 18.2 Å². The highest BCUT2D eigenvalue weighted by molar-refractivity contribution is 6.21. The number of halogens is 2. The van der Waals surface area contributed by atoms with Crippen molar-refractivity contribution in [3.05, 3.63) is 89.5 Å². The number of hydrogen-bond acceptors (Lipinski definition) is 3. The molecule has 4 nitrogen and oxygen atoms in total. The molecule has 0 aliphatic carbocycles. The first kappa shape index (κ1) is 25.5. The highest BCUT2D eigenvalue weighted by atomic mass is 19.1. The number of amides is 2. The number of hydrogen-bond donors (Lipinski definition) is 0. The molecule has 0 bridgehead atoms. The minimum atomic E-state index is -0.608. The number of benzene rings is 3. The zero-order chi connectivity index (χ0) is 25.3. The molecule has 6 heteroatoms. The van der Waals surface area contributed by atoms with Gasteiger partial charge >= 0.3 is 0 Å². The molecule has 0 saturated heterocycles. The summed E-state index contributed by atoms with van der Waals surface area (Å²) in [7, 11) is 0. The maximum Gasteiger partial charge on any atom is 0.261 e. The van der Waals surface area contributed by atoms with Crippen LogP contribution < -0.4 is 4.74 Å². The molecule has 188 valence electrons. The molecule has 36 heavy (non-hydrogen) atoms. The second-order valence-corrected chi connectivity index (χ2v) is 9.14. The Balaban J connectivity index is 1.07. The maximum absolute atomic E-state index is 13.6. The Hall–Kier alpha value is -3.54. The van der Waals surface area contributed by atoms with Gasteiger partial charge in [-0.2, -0.15) is 0 Å². The fraction of sp³-hybridized carbons (Fsp3) is 0.333. The Morgan fingerprint density at radius 3 is 1.72 bits per heavy atom. The SMILES string of the molecule is O=C1c2ccccc2C(=O)N1CCCCCCCCCCOc1ccccc1-c1cc(F)cc(F)c1. The summed E-state index contributed by atoms with van der Waals surface area (Å²) in [6.45, 7) is 1.03. The topological polar surface area (TPSA) is 46.6 Å². The van der Waals surface area contributed by atoms with E-state index in [2.05, 4.69) is 0 Å². The van der Waals surface area contributed by atoms with Crippen LogP contribution >= 0.6 is 0 Å². The van der Waals surface area contributed by atoms with Gasteiger partial charge in [0.2, 0.25) is 0 Å². The molecule has 0 radical (unpaired) electrons. The summed E-state index contributed by atoms with van der Waals surface area (Å²) in [4.78, 5) is 26.1. The van der Waals surface area contributed by atoms with E-state index in [0.29, 0.717) is 41.2 Å². The molecule has 0 atom stereocenters. The summed E-state index contributed by atoms with van der Waals surface area (Å²) in [5.74, 6) is -0.945. The van der Waals surface area contributed by atoms with Crippen molar-refractivity contribution in [2.45, 2.75) is 51.4 Å². The molecule has 0 saturated carbocycles. The summed E-state index contributed by atoms with van der Waals surface area (Å²) in [5.41, 5.74) is 2.17. The molecule has 3 aromatic carbocycles. The predicted molar refractivity (Wildman–Crippen MR) is 136 cm³/mol. The third-order valence-electron chi connectivity index (χ3n) is 6.47. The van der Waals surface area contributed by atoms with Crippen molar-refractivity contribution in [1.82, 2.24) is 4.90 Å². The average Bonchev–Trinajstić information content (AvgIpc) is 3.12. The van der Waals surface area contributed by atoms with E-state index in [4.69, 9.17) is 4.74 Å². The minimum absolute atomic E-state index is 0.177. The Labute approximate surface area is 210 Å². The van der Waals surface area contributed by atoms with Crippen LogP contribution in [0.3, 0.4) is 0 Å². The predicted octanol–water partition coefficient (Wildman–Crippen LogP) is 7.43. The lowest BCUT2D eigenvalue weighted by Gasteiger charge is -2.13. The van der Waals surface area contributed by atoms with Crippen LogP contribution in [0.5, 0.6) is 5.75 Å². The molecule has 1 aliphatic rings. The molecule has 1 heterocycles. The van der Waals surface area contributed by atoms with E-state index in [9.17, 15) is 18.4 Å². The fourth-order valence-corrected chi connectivity index (χ4v) is 4.60. The quantitative estimate of drug-likeness (QED) is 0.185. The summed E-state index contributed by atoms with van der Waals surface area (Å²) in [6, 6.07) is 17.8. The molecule has 0 unspecified atom stereocenters. The second-order valence-electron chi connectivity index (χ2n) is 9.14. The van der Waals surface area contributed by atoms with E-state index >= 15 is 0 Å². The number of nitrogens with zero attached hydrogens (tertiary/aromatic N) is 1. The van der Waals surface area contributed by atoms with Gasteiger partial charge in [-0.25, -0.2) is 8.78 Å². The van der Waals surface area contributed by atoms with Crippen LogP contribution in [0.25, 0.3) is 11.1 Å². The van der Waals surface area contributed by atoms with Crippen molar-refractivity contribution in [2.75, 3.05) is 13.2 Å². The highest BCUT2D eigenvalue weighted by Gasteiger charge is 2.34. The molecule has 0 spiro atoms. The van der Waals surface area contributed by atoms with Crippen LogP contribution in [-0.2, 0) is 0 Å². The lowest BCUT2D eigenvalue weighted by atomic mass is 10.0. The number of imide groups is 1. The van der Waals surface area contributed by atoms with Crippen molar-refractivity contribution in [3.63, 3.8) is 0 Å². The molecule has 0 aromatic heterocycles. The lowest BCUT2D eigenvalue weighted by molar-refractivity contribution is 0.0651. The number of carbonyl (C=O) groups excluding carboxylic acids is 2. The first-order chi connectivity index (χ1) is 17.5. The summed E-state index contributed by atoms with van der Waals surface area (Å²) < 4.78 is 33.1. The van der Waals surface area contributed by atoms with Crippen LogP contribution in [-0.4, -0.2) is 29.9 Å². The highest BCUT2D eigenvalue weighted by Crippen LogP contribution is 2.31. The summed E-state index contributed by atoms with van der Waals surface area (Å²) >= 11 is 0. The van der Waals surface area contributed by atoms with Gasteiger partial charge in [-0.15, -0.1) is 0 Å². The Morgan fingerprint density at radius 1 is 0.611 bits per heavy atom. The molecule has 4 rings (SSSR count). The lowest BCUT2D eigenvalue weighted by Crippen LogP contribution is -2.30. The van der Waals surface area contributed by atoms with Crippen LogP contribution in [0.1, 0.15) is 72.1 Å². The van der Waals surface area contributed by atoms with E-state index in [0.717, 1.165) is 57.4 Å². The van der Waals surface area contributed by atoms with Gasteiger partial charge in [-0.05, 0) is 48.7 Å². The van der Waals surface area contributed by atoms with Gasteiger partial charge < -0.3 is 4.74 Å². The van der Waals surface area contributed by atoms with Gasteiger partial charge in [0, 0.05) is 18.2 Å². The average molecular weight is 492 g/mol. The van der Waals surface area contributed by atoms with E-state index in [1.165, 1.54) is 17.0 Å². The molecule has 3 aromatic rings. The molecule has 0 fully saturated rings.